The number of hydrogen-bond donors (Lipinski definition) is 1. The van der Waals surface area contributed by atoms with E-state index in [4.69, 9.17) is 0 Å². The van der Waals surface area contributed by atoms with Crippen molar-refractivity contribution in [2.24, 2.45) is 5.92 Å². The molecule has 2 nitrogen and oxygen atoms in total. The zero-order valence-electron chi connectivity index (χ0n) is 10.6. The summed E-state index contributed by atoms with van der Waals surface area (Å²) < 4.78 is 0. The summed E-state index contributed by atoms with van der Waals surface area (Å²) in [7, 11) is 0. The van der Waals surface area contributed by atoms with Gasteiger partial charge in [-0.25, -0.2) is 0 Å². The van der Waals surface area contributed by atoms with Crippen LogP contribution in [0.4, 0.5) is 0 Å². The van der Waals surface area contributed by atoms with Gasteiger partial charge < -0.3 is 10.2 Å². The molecule has 0 aromatic carbocycles. The molecule has 0 spiro atoms. The molecule has 0 saturated carbocycles. The fourth-order valence-electron chi connectivity index (χ4n) is 2.76. The van der Waals surface area contributed by atoms with Crippen LogP contribution in [-0.4, -0.2) is 48.6 Å². The molecule has 16 heavy (non-hydrogen) atoms. The summed E-state index contributed by atoms with van der Waals surface area (Å²) >= 11 is 2.11. The molecule has 2 aliphatic rings. The standard InChI is InChI=1S/C13H26N2S/c1-2-6-15-7-3-12(4-8-15)10-14-13-5-9-16-11-13/h12-14H,2-11H2,1H3. The van der Waals surface area contributed by atoms with Crippen molar-refractivity contribution in [1.29, 1.82) is 0 Å². The Morgan fingerprint density at radius 3 is 2.69 bits per heavy atom. The number of thioether (sulfide) groups is 1. The van der Waals surface area contributed by atoms with E-state index in [1.54, 1.807) is 0 Å². The average molecular weight is 242 g/mol. The summed E-state index contributed by atoms with van der Waals surface area (Å²) in [6.45, 7) is 7.52. The van der Waals surface area contributed by atoms with Crippen LogP contribution in [0.2, 0.25) is 0 Å². The SMILES string of the molecule is CCCN1CCC(CNC2CCSC2)CC1. The second-order valence-electron chi connectivity index (χ2n) is 5.25. The van der Waals surface area contributed by atoms with Gasteiger partial charge in [-0.15, -0.1) is 0 Å². The Kier molecular flexibility index (Phi) is 5.46. The first-order valence-corrected chi connectivity index (χ1v) is 8.07. The molecule has 2 fully saturated rings. The zero-order valence-corrected chi connectivity index (χ0v) is 11.4. The second-order valence-corrected chi connectivity index (χ2v) is 6.40. The smallest absolute Gasteiger partial charge is 0.0166 e. The molecule has 0 aromatic rings. The van der Waals surface area contributed by atoms with Gasteiger partial charge in [0.25, 0.3) is 0 Å². The first-order chi connectivity index (χ1) is 7.88. The van der Waals surface area contributed by atoms with E-state index in [0.29, 0.717) is 0 Å². The van der Waals surface area contributed by atoms with Gasteiger partial charge in [0.15, 0.2) is 0 Å². The first-order valence-electron chi connectivity index (χ1n) is 6.92. The monoisotopic (exact) mass is 242 g/mol. The summed E-state index contributed by atoms with van der Waals surface area (Å²) in [5.41, 5.74) is 0. The molecule has 0 bridgehead atoms. The number of piperidine rings is 1. The van der Waals surface area contributed by atoms with Crippen molar-refractivity contribution in [2.75, 3.05) is 37.7 Å². The maximum Gasteiger partial charge on any atom is 0.0166 e. The summed E-state index contributed by atoms with van der Waals surface area (Å²) in [6, 6.07) is 0.818. The lowest BCUT2D eigenvalue weighted by Gasteiger charge is -2.32. The third-order valence-corrected chi connectivity index (χ3v) is 5.03. The van der Waals surface area contributed by atoms with Crippen LogP contribution in [0.25, 0.3) is 0 Å². The molecule has 1 N–H and O–H groups in total. The minimum absolute atomic E-state index is 0.818. The van der Waals surface area contributed by atoms with Gasteiger partial charge in [0.05, 0.1) is 0 Å². The van der Waals surface area contributed by atoms with Crippen LogP contribution in [0, 0.1) is 5.92 Å². The summed E-state index contributed by atoms with van der Waals surface area (Å²) in [5, 5.41) is 3.76. The highest BCUT2D eigenvalue weighted by molar-refractivity contribution is 7.99. The summed E-state index contributed by atoms with van der Waals surface area (Å²) in [6.07, 6.45) is 5.52. The van der Waals surface area contributed by atoms with Crippen LogP contribution in [-0.2, 0) is 0 Å². The Morgan fingerprint density at radius 2 is 2.06 bits per heavy atom. The lowest BCUT2D eigenvalue weighted by Crippen LogP contribution is -2.40. The summed E-state index contributed by atoms with van der Waals surface area (Å²) in [4.78, 5) is 2.63. The van der Waals surface area contributed by atoms with Gasteiger partial charge >= 0.3 is 0 Å². The molecule has 2 rings (SSSR count). The van der Waals surface area contributed by atoms with E-state index in [-0.39, 0.29) is 0 Å². The van der Waals surface area contributed by atoms with Gasteiger partial charge in [-0.1, -0.05) is 6.92 Å². The minimum atomic E-state index is 0.818. The van der Waals surface area contributed by atoms with Crippen molar-refractivity contribution < 1.29 is 0 Å². The van der Waals surface area contributed by atoms with Crippen LogP contribution in [0.5, 0.6) is 0 Å². The molecule has 2 aliphatic heterocycles. The fraction of sp³-hybridized carbons (Fsp3) is 1.00. The van der Waals surface area contributed by atoms with Gasteiger partial charge in [0, 0.05) is 11.8 Å². The van der Waals surface area contributed by atoms with E-state index in [0.717, 1.165) is 12.0 Å². The normalized spacial score (nSPS) is 28.7. The first kappa shape index (κ1) is 12.7. The predicted octanol–water partition coefficient (Wildman–Crippen LogP) is 2.20. The molecule has 2 heterocycles. The number of likely N-dealkylation sites (tertiary alicyclic amines) is 1. The van der Waals surface area contributed by atoms with Crippen molar-refractivity contribution in [3.8, 4) is 0 Å². The van der Waals surface area contributed by atoms with E-state index >= 15 is 0 Å². The number of nitrogens with zero attached hydrogens (tertiary/aromatic N) is 1. The molecule has 3 heteroatoms. The van der Waals surface area contributed by atoms with Crippen molar-refractivity contribution >= 4 is 11.8 Å². The van der Waals surface area contributed by atoms with E-state index in [2.05, 4.69) is 28.9 Å². The number of nitrogens with one attached hydrogen (secondary N) is 1. The highest BCUT2D eigenvalue weighted by Crippen LogP contribution is 2.20. The molecular formula is C13H26N2S. The van der Waals surface area contributed by atoms with Crippen LogP contribution in [0.15, 0.2) is 0 Å². The molecule has 1 unspecified atom stereocenters. The minimum Gasteiger partial charge on any atom is -0.313 e. The van der Waals surface area contributed by atoms with Gasteiger partial charge in [-0.2, -0.15) is 11.8 Å². The molecule has 0 aliphatic carbocycles. The third kappa shape index (κ3) is 3.94. The maximum atomic E-state index is 3.76. The van der Waals surface area contributed by atoms with Crippen LogP contribution >= 0.6 is 11.8 Å². The van der Waals surface area contributed by atoms with Crippen molar-refractivity contribution in [3.63, 3.8) is 0 Å². The van der Waals surface area contributed by atoms with Crippen LogP contribution in [0.3, 0.4) is 0 Å². The Balaban J connectivity index is 1.57. The fourth-order valence-corrected chi connectivity index (χ4v) is 3.95. The Hall–Kier alpha value is 0.270. The van der Waals surface area contributed by atoms with E-state index in [1.807, 2.05) is 0 Å². The summed E-state index contributed by atoms with van der Waals surface area (Å²) in [5.74, 6) is 3.65. The second kappa shape index (κ2) is 6.87. The Morgan fingerprint density at radius 1 is 1.25 bits per heavy atom. The molecule has 94 valence electrons. The predicted molar refractivity (Wildman–Crippen MR) is 73.2 cm³/mol. The average Bonchev–Trinajstić information content (AvgIpc) is 2.82. The highest BCUT2D eigenvalue weighted by Gasteiger charge is 2.20. The molecule has 0 amide bonds. The van der Waals surface area contributed by atoms with Crippen molar-refractivity contribution in [3.05, 3.63) is 0 Å². The van der Waals surface area contributed by atoms with Crippen molar-refractivity contribution in [2.45, 2.75) is 38.6 Å². The lowest BCUT2D eigenvalue weighted by molar-refractivity contribution is 0.181. The van der Waals surface area contributed by atoms with Crippen molar-refractivity contribution in [1.82, 2.24) is 10.2 Å². The van der Waals surface area contributed by atoms with E-state index in [9.17, 15) is 0 Å². The Labute approximate surface area is 105 Å². The number of hydrogen-bond acceptors (Lipinski definition) is 3. The topological polar surface area (TPSA) is 15.3 Å². The lowest BCUT2D eigenvalue weighted by atomic mass is 9.96. The van der Waals surface area contributed by atoms with E-state index in [1.165, 1.54) is 63.4 Å². The Bertz CT molecular complexity index is 184. The van der Waals surface area contributed by atoms with Gasteiger partial charge in [-0.05, 0) is 63.5 Å². The van der Waals surface area contributed by atoms with Crippen LogP contribution in [0.1, 0.15) is 32.6 Å². The highest BCUT2D eigenvalue weighted by atomic mass is 32.2. The molecule has 0 radical (unpaired) electrons. The van der Waals surface area contributed by atoms with Crippen LogP contribution < -0.4 is 5.32 Å². The zero-order chi connectivity index (χ0) is 11.2. The van der Waals surface area contributed by atoms with Gasteiger partial charge in [0.2, 0.25) is 0 Å². The van der Waals surface area contributed by atoms with Gasteiger partial charge in [-0.3, -0.25) is 0 Å². The quantitative estimate of drug-likeness (QED) is 0.796. The third-order valence-electron chi connectivity index (χ3n) is 3.87. The maximum absolute atomic E-state index is 3.76. The van der Waals surface area contributed by atoms with E-state index < -0.39 is 0 Å². The molecule has 2 saturated heterocycles. The molecular weight excluding hydrogens is 216 g/mol. The van der Waals surface area contributed by atoms with Gasteiger partial charge in [0.1, 0.15) is 0 Å². The molecule has 1 atom stereocenters. The largest absolute Gasteiger partial charge is 0.313 e. The number of rotatable bonds is 5. The molecule has 0 aromatic heterocycles.